The molecular formula is C16H13N3O3. The fraction of sp³-hybridized carbons (Fsp3) is 0.0625. The molecule has 0 atom stereocenters. The van der Waals surface area contributed by atoms with Gasteiger partial charge in [-0.2, -0.15) is 0 Å². The third kappa shape index (κ3) is 2.31. The highest BCUT2D eigenvalue weighted by Crippen LogP contribution is 2.26. The Hall–Kier alpha value is -3.15. The van der Waals surface area contributed by atoms with Gasteiger partial charge in [0.05, 0.1) is 21.7 Å². The van der Waals surface area contributed by atoms with Crippen LogP contribution in [0.15, 0.2) is 48.7 Å². The van der Waals surface area contributed by atoms with Gasteiger partial charge in [-0.25, -0.2) is 0 Å². The minimum absolute atomic E-state index is 0.0169. The number of benzene rings is 2. The number of fused-ring (bicyclic) bond motifs is 1. The summed E-state index contributed by atoms with van der Waals surface area (Å²) in [4.78, 5) is 25.9. The maximum absolute atomic E-state index is 12.4. The molecule has 1 amide bonds. The Labute approximate surface area is 125 Å². The van der Waals surface area contributed by atoms with Crippen LogP contribution in [0.4, 0.5) is 11.4 Å². The minimum atomic E-state index is -0.462. The standard InChI is InChI=1S/C16H13N3O3/c1-10-13(7-4-8-15(10)19(21)22)18-16(20)12-9-17-14-6-3-2-5-11(12)14/h2-9,17H,1H3,(H,18,20). The molecule has 0 aliphatic rings. The predicted octanol–water partition coefficient (Wildman–Crippen LogP) is 3.64. The molecular weight excluding hydrogens is 282 g/mol. The summed E-state index contributed by atoms with van der Waals surface area (Å²) in [5.41, 5.74) is 2.21. The summed E-state index contributed by atoms with van der Waals surface area (Å²) < 4.78 is 0. The van der Waals surface area contributed by atoms with Crippen molar-refractivity contribution in [2.24, 2.45) is 0 Å². The van der Waals surface area contributed by atoms with Gasteiger partial charge in [0.1, 0.15) is 0 Å². The number of para-hydroxylation sites is 1. The van der Waals surface area contributed by atoms with E-state index in [4.69, 9.17) is 0 Å². The van der Waals surface area contributed by atoms with Crippen LogP contribution in [0.25, 0.3) is 10.9 Å². The first kappa shape index (κ1) is 13.8. The molecule has 1 aromatic heterocycles. The first-order valence-corrected chi connectivity index (χ1v) is 6.69. The van der Waals surface area contributed by atoms with E-state index in [2.05, 4.69) is 10.3 Å². The number of nitro groups is 1. The molecule has 6 heteroatoms. The van der Waals surface area contributed by atoms with Gasteiger partial charge in [-0.05, 0) is 19.1 Å². The molecule has 3 aromatic rings. The average Bonchev–Trinajstić information content (AvgIpc) is 2.93. The molecule has 0 aliphatic carbocycles. The Morgan fingerprint density at radius 1 is 1.18 bits per heavy atom. The summed E-state index contributed by atoms with van der Waals surface area (Å²) in [6.07, 6.45) is 1.63. The smallest absolute Gasteiger partial charge is 0.274 e. The average molecular weight is 295 g/mol. The summed E-state index contributed by atoms with van der Waals surface area (Å²) in [6.45, 7) is 1.61. The highest BCUT2D eigenvalue weighted by molar-refractivity contribution is 6.13. The van der Waals surface area contributed by atoms with Crippen LogP contribution in [0.2, 0.25) is 0 Å². The zero-order valence-corrected chi connectivity index (χ0v) is 11.8. The van der Waals surface area contributed by atoms with Crippen LogP contribution in [-0.4, -0.2) is 15.8 Å². The second-order valence-corrected chi connectivity index (χ2v) is 4.91. The summed E-state index contributed by atoms with van der Waals surface area (Å²) in [6, 6.07) is 12.1. The van der Waals surface area contributed by atoms with E-state index >= 15 is 0 Å². The lowest BCUT2D eigenvalue weighted by Crippen LogP contribution is -2.12. The second kappa shape index (κ2) is 5.33. The number of hydrogen-bond acceptors (Lipinski definition) is 3. The Kier molecular flexibility index (Phi) is 3.34. The molecule has 2 aromatic carbocycles. The van der Waals surface area contributed by atoms with Crippen LogP contribution in [0.3, 0.4) is 0 Å². The lowest BCUT2D eigenvalue weighted by molar-refractivity contribution is -0.385. The number of H-pyrrole nitrogens is 1. The predicted molar refractivity (Wildman–Crippen MR) is 84.1 cm³/mol. The number of carbonyl (C=O) groups is 1. The van der Waals surface area contributed by atoms with Crippen molar-refractivity contribution in [2.75, 3.05) is 5.32 Å². The minimum Gasteiger partial charge on any atom is -0.360 e. The molecule has 6 nitrogen and oxygen atoms in total. The molecule has 1 heterocycles. The molecule has 0 bridgehead atoms. The maximum atomic E-state index is 12.4. The molecule has 3 rings (SSSR count). The molecule has 2 N–H and O–H groups in total. The quantitative estimate of drug-likeness (QED) is 0.571. The van der Waals surface area contributed by atoms with Gasteiger partial charge in [-0.1, -0.05) is 24.3 Å². The van der Waals surface area contributed by atoms with Gasteiger partial charge >= 0.3 is 0 Å². The maximum Gasteiger partial charge on any atom is 0.274 e. The number of amides is 1. The van der Waals surface area contributed by atoms with E-state index in [1.165, 1.54) is 6.07 Å². The molecule has 0 aliphatic heterocycles. The third-order valence-electron chi connectivity index (χ3n) is 3.58. The Morgan fingerprint density at radius 3 is 2.73 bits per heavy atom. The summed E-state index contributed by atoms with van der Waals surface area (Å²) in [5, 5.41) is 14.5. The number of rotatable bonds is 3. The van der Waals surface area contributed by atoms with Gasteiger partial charge < -0.3 is 10.3 Å². The van der Waals surface area contributed by atoms with E-state index in [1.807, 2.05) is 24.3 Å². The zero-order valence-electron chi connectivity index (χ0n) is 11.8. The third-order valence-corrected chi connectivity index (χ3v) is 3.58. The van der Waals surface area contributed by atoms with Crippen molar-refractivity contribution in [3.63, 3.8) is 0 Å². The number of aromatic nitrogens is 1. The summed E-state index contributed by atoms with van der Waals surface area (Å²) in [7, 11) is 0. The van der Waals surface area contributed by atoms with Crippen molar-refractivity contribution in [3.05, 3.63) is 69.9 Å². The fourth-order valence-corrected chi connectivity index (χ4v) is 2.41. The van der Waals surface area contributed by atoms with Gasteiger partial charge in [0.2, 0.25) is 0 Å². The van der Waals surface area contributed by atoms with Crippen molar-refractivity contribution in [3.8, 4) is 0 Å². The van der Waals surface area contributed by atoms with Gasteiger partial charge in [0.15, 0.2) is 0 Å². The van der Waals surface area contributed by atoms with E-state index < -0.39 is 4.92 Å². The highest BCUT2D eigenvalue weighted by atomic mass is 16.6. The van der Waals surface area contributed by atoms with E-state index in [1.54, 1.807) is 25.3 Å². The van der Waals surface area contributed by atoms with Gasteiger partial charge in [-0.3, -0.25) is 14.9 Å². The van der Waals surface area contributed by atoms with Crippen molar-refractivity contribution < 1.29 is 9.72 Å². The van der Waals surface area contributed by atoms with Gasteiger partial charge in [-0.15, -0.1) is 0 Å². The molecule has 0 radical (unpaired) electrons. The van der Waals surface area contributed by atoms with E-state index in [0.29, 0.717) is 16.8 Å². The normalized spacial score (nSPS) is 10.6. The topological polar surface area (TPSA) is 88.0 Å². The fourth-order valence-electron chi connectivity index (χ4n) is 2.41. The van der Waals surface area contributed by atoms with E-state index in [9.17, 15) is 14.9 Å². The molecule has 0 spiro atoms. The van der Waals surface area contributed by atoms with Crippen LogP contribution in [0.5, 0.6) is 0 Å². The molecule has 0 saturated heterocycles. The van der Waals surface area contributed by atoms with Crippen molar-refractivity contribution in [1.29, 1.82) is 0 Å². The summed E-state index contributed by atoms with van der Waals surface area (Å²) >= 11 is 0. The molecule has 0 unspecified atom stereocenters. The van der Waals surface area contributed by atoms with Gasteiger partial charge in [0.25, 0.3) is 11.6 Å². The molecule has 22 heavy (non-hydrogen) atoms. The molecule has 110 valence electrons. The number of hydrogen-bond donors (Lipinski definition) is 2. The number of nitro benzene ring substituents is 1. The summed E-state index contributed by atoms with van der Waals surface area (Å²) in [5.74, 6) is -0.305. The number of anilines is 1. The SMILES string of the molecule is Cc1c(NC(=O)c2c[nH]c3ccccc23)cccc1[N+](=O)[O-]. The van der Waals surface area contributed by atoms with Crippen LogP contribution in [0, 0.1) is 17.0 Å². The highest BCUT2D eigenvalue weighted by Gasteiger charge is 2.17. The van der Waals surface area contributed by atoms with Crippen LogP contribution < -0.4 is 5.32 Å². The van der Waals surface area contributed by atoms with E-state index in [0.717, 1.165) is 10.9 Å². The Balaban J connectivity index is 1.95. The van der Waals surface area contributed by atoms with Crippen molar-refractivity contribution in [2.45, 2.75) is 6.92 Å². The number of carbonyl (C=O) groups excluding carboxylic acids is 1. The van der Waals surface area contributed by atoms with Crippen LogP contribution >= 0.6 is 0 Å². The number of nitrogens with zero attached hydrogens (tertiary/aromatic N) is 1. The van der Waals surface area contributed by atoms with Gasteiger partial charge in [0, 0.05) is 23.2 Å². The second-order valence-electron chi connectivity index (χ2n) is 4.91. The number of aromatic amines is 1. The first-order chi connectivity index (χ1) is 10.6. The lowest BCUT2D eigenvalue weighted by atomic mass is 10.1. The lowest BCUT2D eigenvalue weighted by Gasteiger charge is -2.08. The molecule has 0 fully saturated rings. The number of nitrogens with one attached hydrogen (secondary N) is 2. The van der Waals surface area contributed by atoms with Crippen LogP contribution in [0.1, 0.15) is 15.9 Å². The first-order valence-electron chi connectivity index (χ1n) is 6.69. The van der Waals surface area contributed by atoms with E-state index in [-0.39, 0.29) is 11.6 Å². The Morgan fingerprint density at radius 2 is 1.95 bits per heavy atom. The molecule has 0 saturated carbocycles. The monoisotopic (exact) mass is 295 g/mol. The Bertz CT molecular complexity index is 883. The zero-order chi connectivity index (χ0) is 15.7. The van der Waals surface area contributed by atoms with Crippen molar-refractivity contribution >= 4 is 28.2 Å². The van der Waals surface area contributed by atoms with Crippen LogP contribution in [-0.2, 0) is 0 Å². The van der Waals surface area contributed by atoms with Crippen molar-refractivity contribution in [1.82, 2.24) is 4.98 Å². The largest absolute Gasteiger partial charge is 0.360 e.